The Bertz CT molecular complexity index is 1270. The number of furan rings is 1. The summed E-state index contributed by atoms with van der Waals surface area (Å²) in [7, 11) is 1.30. The lowest BCUT2D eigenvalue weighted by Crippen LogP contribution is -2.04. The number of methoxy groups -OCH3 is 1. The van der Waals surface area contributed by atoms with E-state index in [9.17, 15) is 19.7 Å². The highest BCUT2D eigenvalue weighted by Crippen LogP contribution is 2.33. The molecule has 2 aromatic carbocycles. The molecule has 4 rings (SSSR count). The Morgan fingerprint density at radius 2 is 1.92 bits per heavy atom. The van der Waals surface area contributed by atoms with Crippen LogP contribution in [0.25, 0.3) is 32.9 Å². The monoisotopic (exact) mass is 353 g/mol. The second-order valence-corrected chi connectivity index (χ2v) is 5.72. The molecule has 8 nitrogen and oxygen atoms in total. The Morgan fingerprint density at radius 1 is 1.12 bits per heavy atom. The molecule has 0 saturated carbocycles. The van der Waals surface area contributed by atoms with Crippen LogP contribution in [0, 0.1) is 10.1 Å². The second-order valence-electron chi connectivity index (χ2n) is 5.72. The molecule has 26 heavy (non-hydrogen) atoms. The van der Waals surface area contributed by atoms with Gasteiger partial charge in [0.15, 0.2) is 5.58 Å². The molecule has 0 radical (unpaired) electrons. The molecule has 0 aliphatic rings. The highest BCUT2D eigenvalue weighted by molar-refractivity contribution is 6.13. The van der Waals surface area contributed by atoms with Crippen molar-refractivity contribution < 1.29 is 23.3 Å². The molecule has 0 saturated heterocycles. The van der Waals surface area contributed by atoms with E-state index in [2.05, 4.69) is 4.74 Å². The lowest BCUT2D eigenvalue weighted by Gasteiger charge is -1.99. The normalized spacial score (nSPS) is 11.3. The molecule has 0 amide bonds. The first-order valence-electron chi connectivity index (χ1n) is 7.61. The van der Waals surface area contributed by atoms with Crippen LogP contribution in [0.4, 0.5) is 5.69 Å². The molecule has 0 bridgehead atoms. The summed E-state index contributed by atoms with van der Waals surface area (Å²) < 4.78 is 15.7. The summed E-state index contributed by atoms with van der Waals surface area (Å²) in [5.74, 6) is -0.401. The number of rotatable bonds is 3. The van der Waals surface area contributed by atoms with E-state index < -0.39 is 16.5 Å². The van der Waals surface area contributed by atoms with Crippen LogP contribution in [-0.4, -0.2) is 18.0 Å². The van der Waals surface area contributed by atoms with Crippen LogP contribution < -0.4 is 5.63 Å². The van der Waals surface area contributed by atoms with Crippen molar-refractivity contribution in [2.45, 2.75) is 6.42 Å². The molecule has 0 N–H and O–H groups in total. The number of nitrogens with zero attached hydrogens (tertiary/aromatic N) is 1. The average Bonchev–Trinajstić information content (AvgIpc) is 3.00. The predicted octanol–water partition coefficient (Wildman–Crippen LogP) is 3.32. The largest absolute Gasteiger partial charge is 0.469 e. The van der Waals surface area contributed by atoms with Crippen molar-refractivity contribution in [2.24, 2.45) is 0 Å². The smallest absolute Gasteiger partial charge is 0.348 e. The Hall–Kier alpha value is -3.68. The third-order valence-electron chi connectivity index (χ3n) is 4.16. The summed E-state index contributed by atoms with van der Waals surface area (Å²) in [6, 6.07) is 9.02. The van der Waals surface area contributed by atoms with Gasteiger partial charge >= 0.3 is 11.6 Å². The van der Waals surface area contributed by atoms with Crippen LogP contribution >= 0.6 is 0 Å². The van der Waals surface area contributed by atoms with Crippen LogP contribution in [0.2, 0.25) is 0 Å². The van der Waals surface area contributed by atoms with E-state index in [1.165, 1.54) is 25.3 Å². The fourth-order valence-corrected chi connectivity index (χ4v) is 2.93. The van der Waals surface area contributed by atoms with E-state index in [1.807, 2.05) is 0 Å². The fraction of sp³-hybridized carbons (Fsp3) is 0.111. The molecule has 8 heteroatoms. The number of non-ortho nitro benzene ring substituents is 1. The third-order valence-corrected chi connectivity index (χ3v) is 4.16. The van der Waals surface area contributed by atoms with E-state index >= 15 is 0 Å². The molecular formula is C18H11NO7. The van der Waals surface area contributed by atoms with Gasteiger partial charge in [0.1, 0.15) is 16.6 Å². The first-order valence-corrected chi connectivity index (χ1v) is 7.61. The van der Waals surface area contributed by atoms with Crippen LogP contribution in [0.15, 0.2) is 50.0 Å². The summed E-state index contributed by atoms with van der Waals surface area (Å²) in [4.78, 5) is 34.3. The zero-order valence-electron chi connectivity index (χ0n) is 13.5. The SMILES string of the molecule is COC(=O)Cc1ccc2oc3c4ccc([N+](=O)[O-])cc4oc(=O)c3c2c1. The molecule has 0 fully saturated rings. The summed E-state index contributed by atoms with van der Waals surface area (Å²) in [5, 5.41) is 12.1. The molecule has 4 aromatic rings. The molecule has 2 aromatic heterocycles. The Kier molecular flexibility index (Phi) is 3.47. The van der Waals surface area contributed by atoms with E-state index in [1.54, 1.807) is 18.2 Å². The van der Waals surface area contributed by atoms with Crippen molar-refractivity contribution >= 4 is 44.6 Å². The first-order chi connectivity index (χ1) is 12.5. The Morgan fingerprint density at radius 3 is 2.65 bits per heavy atom. The summed E-state index contributed by atoms with van der Waals surface area (Å²) >= 11 is 0. The predicted molar refractivity (Wildman–Crippen MR) is 92.1 cm³/mol. The van der Waals surface area contributed by atoms with E-state index in [4.69, 9.17) is 8.83 Å². The number of carbonyl (C=O) groups excluding carboxylic acids is 1. The molecule has 130 valence electrons. The van der Waals surface area contributed by atoms with Gasteiger partial charge in [-0.1, -0.05) is 6.07 Å². The van der Waals surface area contributed by atoms with Crippen LogP contribution in [0.3, 0.4) is 0 Å². The Labute approximate surface area is 144 Å². The summed E-state index contributed by atoms with van der Waals surface area (Å²) in [6.07, 6.45) is 0.0597. The number of nitro groups is 1. The van der Waals surface area contributed by atoms with Gasteiger partial charge in [-0.05, 0) is 23.8 Å². The number of fused-ring (bicyclic) bond motifs is 5. The van der Waals surface area contributed by atoms with E-state index in [0.29, 0.717) is 21.9 Å². The molecule has 0 aliphatic heterocycles. The summed E-state index contributed by atoms with van der Waals surface area (Å²) in [6.45, 7) is 0. The van der Waals surface area contributed by atoms with Crippen LogP contribution in [0.1, 0.15) is 5.56 Å². The van der Waals surface area contributed by atoms with Gasteiger partial charge in [0.05, 0.1) is 29.9 Å². The van der Waals surface area contributed by atoms with Gasteiger partial charge in [0, 0.05) is 11.5 Å². The zero-order chi connectivity index (χ0) is 18.4. The van der Waals surface area contributed by atoms with Gasteiger partial charge in [-0.25, -0.2) is 4.79 Å². The van der Waals surface area contributed by atoms with Gasteiger partial charge < -0.3 is 13.6 Å². The number of ether oxygens (including phenoxy) is 1. The van der Waals surface area contributed by atoms with Crippen molar-refractivity contribution in [1.82, 2.24) is 0 Å². The summed E-state index contributed by atoms with van der Waals surface area (Å²) in [5.41, 5.74) is 0.627. The van der Waals surface area contributed by atoms with Gasteiger partial charge in [-0.15, -0.1) is 0 Å². The maximum atomic E-state index is 12.5. The maximum Gasteiger partial charge on any atom is 0.348 e. The van der Waals surface area contributed by atoms with Gasteiger partial charge in [-0.2, -0.15) is 0 Å². The van der Waals surface area contributed by atoms with Gasteiger partial charge in [0.2, 0.25) is 0 Å². The molecule has 0 aliphatic carbocycles. The standard InChI is InChI=1S/C18H11NO7/c1-24-15(20)7-9-2-5-13-12(6-9)16-17(25-13)11-4-3-10(19(22)23)8-14(11)26-18(16)21/h2-6,8H,7H2,1H3. The van der Waals surface area contributed by atoms with Crippen molar-refractivity contribution in [3.05, 3.63) is 62.5 Å². The lowest BCUT2D eigenvalue weighted by atomic mass is 10.1. The van der Waals surface area contributed by atoms with Crippen molar-refractivity contribution in [3.63, 3.8) is 0 Å². The number of hydrogen-bond donors (Lipinski definition) is 0. The topological polar surface area (TPSA) is 113 Å². The van der Waals surface area contributed by atoms with Crippen LogP contribution in [0.5, 0.6) is 0 Å². The average molecular weight is 353 g/mol. The van der Waals surface area contributed by atoms with Crippen molar-refractivity contribution in [2.75, 3.05) is 7.11 Å². The minimum atomic E-state index is -0.665. The van der Waals surface area contributed by atoms with E-state index in [-0.39, 0.29) is 28.7 Å². The molecule has 0 atom stereocenters. The Balaban J connectivity index is 2.01. The molecule has 2 heterocycles. The molecular weight excluding hydrogens is 342 g/mol. The number of benzene rings is 2. The highest BCUT2D eigenvalue weighted by atomic mass is 16.6. The second kappa shape index (κ2) is 5.69. The fourth-order valence-electron chi connectivity index (χ4n) is 2.93. The number of nitro benzene ring substituents is 1. The molecule has 0 unspecified atom stereocenters. The minimum Gasteiger partial charge on any atom is -0.469 e. The van der Waals surface area contributed by atoms with Crippen molar-refractivity contribution in [1.29, 1.82) is 0 Å². The van der Waals surface area contributed by atoms with Gasteiger partial charge in [-0.3, -0.25) is 14.9 Å². The lowest BCUT2D eigenvalue weighted by molar-refractivity contribution is -0.384. The third kappa shape index (κ3) is 2.39. The maximum absolute atomic E-state index is 12.5. The van der Waals surface area contributed by atoms with Crippen LogP contribution in [-0.2, 0) is 16.0 Å². The first kappa shape index (κ1) is 15.8. The van der Waals surface area contributed by atoms with Crippen molar-refractivity contribution in [3.8, 4) is 0 Å². The highest BCUT2D eigenvalue weighted by Gasteiger charge is 2.18. The quantitative estimate of drug-likeness (QED) is 0.240. The number of hydrogen-bond acceptors (Lipinski definition) is 7. The minimum absolute atomic E-state index is 0.0597. The number of carbonyl (C=O) groups is 1. The van der Waals surface area contributed by atoms with Gasteiger partial charge in [0.25, 0.3) is 5.69 Å². The van der Waals surface area contributed by atoms with E-state index in [0.717, 1.165) is 0 Å². The number of esters is 1. The zero-order valence-corrected chi connectivity index (χ0v) is 13.5. The molecule has 0 spiro atoms.